The van der Waals surface area contributed by atoms with Crippen LogP contribution >= 0.6 is 0 Å². The molecule has 2 aliphatic heterocycles. The number of Topliss-reactive ketones (excluding diaryl/α,β-unsaturated/α-hetero) is 1. The minimum atomic E-state index is 0.138. The highest BCUT2D eigenvalue weighted by Crippen LogP contribution is 2.14. The highest BCUT2D eigenvalue weighted by atomic mass is 16.1. The first-order valence-electron chi connectivity index (χ1n) is 5.88. The monoisotopic (exact) mass is 196 g/mol. The van der Waals surface area contributed by atoms with Crippen LogP contribution in [0.3, 0.4) is 0 Å². The normalized spacial score (nSPS) is 34.0. The molecule has 2 N–H and O–H groups in total. The van der Waals surface area contributed by atoms with Crippen LogP contribution in [0.5, 0.6) is 0 Å². The van der Waals surface area contributed by atoms with E-state index >= 15 is 0 Å². The largest absolute Gasteiger partial charge is 0.307 e. The molecular weight excluding hydrogens is 176 g/mol. The number of rotatable bonds is 2. The highest BCUT2D eigenvalue weighted by Gasteiger charge is 2.28. The molecule has 2 rings (SSSR count). The van der Waals surface area contributed by atoms with Crippen molar-refractivity contribution in [1.82, 2.24) is 10.6 Å². The zero-order chi connectivity index (χ0) is 9.80. The smallest absolute Gasteiger partial charge is 0.166 e. The Labute approximate surface area is 85.6 Å². The molecule has 80 valence electrons. The van der Waals surface area contributed by atoms with E-state index < -0.39 is 0 Å². The Hall–Kier alpha value is -0.410. The highest BCUT2D eigenvalue weighted by molar-refractivity contribution is 5.89. The number of carbonyl (C=O) groups is 1. The van der Waals surface area contributed by atoms with Crippen molar-refractivity contribution in [3.05, 3.63) is 0 Å². The molecule has 2 heterocycles. The van der Waals surface area contributed by atoms with Crippen molar-refractivity contribution in [2.75, 3.05) is 13.1 Å². The standard InChI is InChI=1S/C11H20N2O/c14-11(9-5-1-3-7-12-9)10-6-2-4-8-13-10/h9-10,12-13H,1-8H2/t9-,10-/m1/s1. The van der Waals surface area contributed by atoms with Gasteiger partial charge < -0.3 is 10.6 Å². The third kappa shape index (κ3) is 2.34. The molecule has 0 saturated carbocycles. The van der Waals surface area contributed by atoms with Gasteiger partial charge in [0, 0.05) is 0 Å². The van der Waals surface area contributed by atoms with Crippen LogP contribution in [0.2, 0.25) is 0 Å². The van der Waals surface area contributed by atoms with Crippen LogP contribution in [0.15, 0.2) is 0 Å². The van der Waals surface area contributed by atoms with Gasteiger partial charge in [-0.3, -0.25) is 4.79 Å². The second kappa shape index (κ2) is 4.89. The van der Waals surface area contributed by atoms with Crippen molar-refractivity contribution < 1.29 is 4.79 Å². The summed E-state index contributed by atoms with van der Waals surface area (Å²) in [6, 6.07) is 0.277. The molecule has 0 spiro atoms. The molecule has 0 aromatic heterocycles. The van der Waals surface area contributed by atoms with E-state index in [4.69, 9.17) is 0 Å². The molecule has 0 aromatic carbocycles. The summed E-state index contributed by atoms with van der Waals surface area (Å²) in [6.45, 7) is 2.03. The number of piperidine rings is 2. The third-order valence-corrected chi connectivity index (χ3v) is 3.31. The lowest BCUT2D eigenvalue weighted by Gasteiger charge is -2.29. The molecule has 0 amide bonds. The van der Waals surface area contributed by atoms with E-state index in [9.17, 15) is 4.79 Å². The van der Waals surface area contributed by atoms with Gasteiger partial charge in [0.25, 0.3) is 0 Å². The summed E-state index contributed by atoms with van der Waals surface area (Å²) in [5, 5.41) is 6.65. The number of hydrogen-bond donors (Lipinski definition) is 2. The molecule has 2 saturated heterocycles. The lowest BCUT2D eigenvalue weighted by molar-refractivity contribution is -0.124. The van der Waals surface area contributed by atoms with Gasteiger partial charge in [-0.1, -0.05) is 12.8 Å². The molecule has 2 atom stereocenters. The first-order chi connectivity index (χ1) is 6.88. The Bertz CT molecular complexity index is 173. The maximum absolute atomic E-state index is 12.0. The molecule has 0 bridgehead atoms. The number of carbonyl (C=O) groups excluding carboxylic acids is 1. The topological polar surface area (TPSA) is 41.1 Å². The Kier molecular flexibility index (Phi) is 3.54. The third-order valence-electron chi connectivity index (χ3n) is 3.31. The minimum Gasteiger partial charge on any atom is -0.307 e. The molecule has 3 heteroatoms. The van der Waals surface area contributed by atoms with E-state index in [0.29, 0.717) is 5.78 Å². The first-order valence-corrected chi connectivity index (χ1v) is 5.88. The maximum atomic E-state index is 12.0. The van der Waals surface area contributed by atoms with Crippen LogP contribution in [0.4, 0.5) is 0 Å². The lowest BCUT2D eigenvalue weighted by Crippen LogP contribution is -2.51. The summed E-state index contributed by atoms with van der Waals surface area (Å²) in [4.78, 5) is 12.0. The molecule has 2 fully saturated rings. The average molecular weight is 196 g/mol. The van der Waals surface area contributed by atoms with Gasteiger partial charge in [0.15, 0.2) is 5.78 Å². The molecule has 0 radical (unpaired) electrons. The van der Waals surface area contributed by atoms with Crippen molar-refractivity contribution in [2.45, 2.75) is 50.6 Å². The van der Waals surface area contributed by atoms with E-state index in [2.05, 4.69) is 10.6 Å². The first kappa shape index (κ1) is 10.1. The number of hydrogen-bond acceptors (Lipinski definition) is 3. The fourth-order valence-corrected chi connectivity index (χ4v) is 2.43. The predicted molar refractivity (Wildman–Crippen MR) is 56.3 cm³/mol. The van der Waals surface area contributed by atoms with Gasteiger partial charge >= 0.3 is 0 Å². The molecule has 0 aromatic rings. The molecule has 2 aliphatic rings. The van der Waals surface area contributed by atoms with E-state index in [1.165, 1.54) is 25.7 Å². The Morgan fingerprint density at radius 3 is 1.71 bits per heavy atom. The zero-order valence-corrected chi connectivity index (χ0v) is 8.72. The predicted octanol–water partition coefficient (Wildman–Crippen LogP) is 0.840. The summed E-state index contributed by atoms with van der Waals surface area (Å²) in [6.07, 6.45) is 6.93. The molecular formula is C11H20N2O. The molecule has 3 nitrogen and oxygen atoms in total. The van der Waals surface area contributed by atoms with Gasteiger partial charge in [-0.2, -0.15) is 0 Å². The Morgan fingerprint density at radius 1 is 0.857 bits per heavy atom. The van der Waals surface area contributed by atoms with Crippen LogP contribution in [0, 0.1) is 0 Å². The van der Waals surface area contributed by atoms with Gasteiger partial charge in [-0.25, -0.2) is 0 Å². The second-order valence-corrected chi connectivity index (χ2v) is 4.41. The summed E-state index contributed by atoms with van der Waals surface area (Å²) in [5.41, 5.74) is 0. The van der Waals surface area contributed by atoms with Crippen molar-refractivity contribution in [2.24, 2.45) is 0 Å². The minimum absolute atomic E-state index is 0.138. The average Bonchev–Trinajstić information content (AvgIpc) is 2.30. The number of nitrogens with one attached hydrogen (secondary N) is 2. The fourth-order valence-electron chi connectivity index (χ4n) is 2.43. The van der Waals surface area contributed by atoms with E-state index in [-0.39, 0.29) is 12.1 Å². The zero-order valence-electron chi connectivity index (χ0n) is 8.72. The van der Waals surface area contributed by atoms with Gasteiger partial charge in [0.05, 0.1) is 12.1 Å². The quantitative estimate of drug-likeness (QED) is 0.687. The van der Waals surface area contributed by atoms with E-state index in [0.717, 1.165) is 25.9 Å². The van der Waals surface area contributed by atoms with E-state index in [1.54, 1.807) is 0 Å². The lowest BCUT2D eigenvalue weighted by atomic mass is 9.92. The number of ketones is 1. The van der Waals surface area contributed by atoms with Crippen molar-refractivity contribution in [3.8, 4) is 0 Å². The van der Waals surface area contributed by atoms with E-state index in [1.807, 2.05) is 0 Å². The SMILES string of the molecule is O=C([C@H]1CCCCN1)[C@H]1CCCCN1. The Balaban J connectivity index is 1.85. The van der Waals surface area contributed by atoms with Gasteiger partial charge in [0.1, 0.15) is 0 Å². The van der Waals surface area contributed by atoms with Crippen LogP contribution < -0.4 is 10.6 Å². The second-order valence-electron chi connectivity index (χ2n) is 4.41. The fraction of sp³-hybridized carbons (Fsp3) is 0.909. The van der Waals surface area contributed by atoms with Crippen LogP contribution in [-0.2, 0) is 4.79 Å². The Morgan fingerprint density at radius 2 is 1.36 bits per heavy atom. The molecule has 0 unspecified atom stereocenters. The van der Waals surface area contributed by atoms with Gasteiger partial charge in [-0.05, 0) is 38.8 Å². The maximum Gasteiger partial charge on any atom is 0.166 e. The summed E-state index contributed by atoms with van der Waals surface area (Å²) in [7, 11) is 0. The van der Waals surface area contributed by atoms with Crippen LogP contribution in [-0.4, -0.2) is 31.0 Å². The van der Waals surface area contributed by atoms with Crippen molar-refractivity contribution >= 4 is 5.78 Å². The molecule has 14 heavy (non-hydrogen) atoms. The summed E-state index contributed by atoms with van der Waals surface area (Å²) < 4.78 is 0. The summed E-state index contributed by atoms with van der Waals surface area (Å²) in [5.74, 6) is 0.407. The van der Waals surface area contributed by atoms with Crippen molar-refractivity contribution in [3.63, 3.8) is 0 Å². The van der Waals surface area contributed by atoms with Crippen LogP contribution in [0.25, 0.3) is 0 Å². The van der Waals surface area contributed by atoms with Crippen LogP contribution in [0.1, 0.15) is 38.5 Å². The summed E-state index contributed by atoms with van der Waals surface area (Å²) >= 11 is 0. The van der Waals surface area contributed by atoms with Gasteiger partial charge in [-0.15, -0.1) is 0 Å². The van der Waals surface area contributed by atoms with Gasteiger partial charge in [0.2, 0.25) is 0 Å². The molecule has 0 aliphatic carbocycles. The van der Waals surface area contributed by atoms with Crippen molar-refractivity contribution in [1.29, 1.82) is 0 Å².